The number of nitrogens with two attached hydrogens (primary N) is 1. The molecule has 82 valence electrons. The molecule has 0 saturated heterocycles. The van der Waals surface area contributed by atoms with Crippen molar-refractivity contribution in [1.82, 2.24) is 10.6 Å². The van der Waals surface area contributed by atoms with E-state index in [4.69, 9.17) is 16.6 Å². The van der Waals surface area contributed by atoms with Crippen molar-refractivity contribution in [3.8, 4) is 0 Å². The van der Waals surface area contributed by atoms with Gasteiger partial charge in [-0.05, 0) is 12.3 Å². The molecule has 0 rings (SSSR count). The highest BCUT2D eigenvalue weighted by atomic mass is 15.2. The molecular formula is C9H21N5. The molecule has 0 aliphatic rings. The van der Waals surface area contributed by atoms with Gasteiger partial charge in [0.1, 0.15) is 0 Å². The van der Waals surface area contributed by atoms with Crippen LogP contribution in [0, 0.1) is 16.7 Å². The maximum Gasteiger partial charge on any atom is 0.195 e. The van der Waals surface area contributed by atoms with Gasteiger partial charge in [-0.2, -0.15) is 0 Å². The van der Waals surface area contributed by atoms with Crippen molar-refractivity contribution in [2.45, 2.75) is 33.1 Å². The van der Waals surface area contributed by atoms with Gasteiger partial charge in [0.25, 0.3) is 0 Å². The summed E-state index contributed by atoms with van der Waals surface area (Å²) in [7, 11) is 0. The number of hydrogen-bond acceptors (Lipinski definition) is 2. The van der Waals surface area contributed by atoms with Gasteiger partial charge < -0.3 is 11.1 Å². The van der Waals surface area contributed by atoms with E-state index in [9.17, 15) is 0 Å². The fourth-order valence-corrected chi connectivity index (χ4v) is 1.26. The lowest BCUT2D eigenvalue weighted by molar-refractivity contribution is 0.483. The predicted molar refractivity (Wildman–Crippen MR) is 59.5 cm³/mol. The van der Waals surface area contributed by atoms with E-state index in [1.165, 1.54) is 12.8 Å². The van der Waals surface area contributed by atoms with Crippen LogP contribution in [-0.4, -0.2) is 18.5 Å². The second-order valence-corrected chi connectivity index (χ2v) is 3.52. The molecule has 0 spiro atoms. The summed E-state index contributed by atoms with van der Waals surface area (Å²) < 4.78 is 0. The molecule has 0 aromatic heterocycles. The zero-order valence-corrected chi connectivity index (χ0v) is 8.98. The molecule has 1 atom stereocenters. The molecule has 0 bridgehead atoms. The molecule has 5 nitrogen and oxygen atoms in total. The van der Waals surface area contributed by atoms with E-state index in [-0.39, 0.29) is 11.9 Å². The van der Waals surface area contributed by atoms with Crippen molar-refractivity contribution in [2.24, 2.45) is 11.7 Å². The van der Waals surface area contributed by atoms with Crippen LogP contribution in [0.25, 0.3) is 0 Å². The monoisotopic (exact) mass is 199 g/mol. The lowest BCUT2D eigenvalue weighted by Gasteiger charge is -2.12. The maximum atomic E-state index is 7.32. The van der Waals surface area contributed by atoms with Crippen molar-refractivity contribution in [3.05, 3.63) is 0 Å². The number of nitrogens with one attached hydrogen (secondary N) is 4. The summed E-state index contributed by atoms with van der Waals surface area (Å²) in [5.74, 6) is 0.572. The van der Waals surface area contributed by atoms with Gasteiger partial charge in [-0.25, -0.2) is 0 Å². The van der Waals surface area contributed by atoms with Crippen LogP contribution in [0.4, 0.5) is 0 Å². The van der Waals surface area contributed by atoms with Crippen molar-refractivity contribution < 1.29 is 0 Å². The van der Waals surface area contributed by atoms with E-state index in [0.29, 0.717) is 5.92 Å². The van der Waals surface area contributed by atoms with Crippen molar-refractivity contribution in [2.75, 3.05) is 6.54 Å². The van der Waals surface area contributed by atoms with E-state index in [1.807, 2.05) is 0 Å². The minimum atomic E-state index is -0.205. The average Bonchev–Trinajstić information content (AvgIpc) is 2.02. The molecule has 0 aromatic carbocycles. The zero-order valence-electron chi connectivity index (χ0n) is 8.98. The second kappa shape index (κ2) is 7.17. The third-order valence-corrected chi connectivity index (χ3v) is 1.98. The minimum absolute atomic E-state index is 0.0983. The fraction of sp³-hybridized carbons (Fsp3) is 0.778. The minimum Gasteiger partial charge on any atom is -0.370 e. The zero-order chi connectivity index (χ0) is 11.0. The van der Waals surface area contributed by atoms with Gasteiger partial charge in [-0.1, -0.05) is 26.7 Å². The van der Waals surface area contributed by atoms with Crippen LogP contribution in [0.1, 0.15) is 33.1 Å². The van der Waals surface area contributed by atoms with Gasteiger partial charge in [0.05, 0.1) is 0 Å². The standard InChI is InChI=1S/C9H21N5/c1-3-4-7(2)5-6-13-9(12)14-8(10)11/h7H,3-6H2,1-2H3,(H6,10,11,12,13,14)/t7-/m0/s1. The summed E-state index contributed by atoms with van der Waals surface area (Å²) in [4.78, 5) is 0. The Hall–Kier alpha value is -1.26. The van der Waals surface area contributed by atoms with Crippen LogP contribution < -0.4 is 16.4 Å². The first-order valence-electron chi connectivity index (χ1n) is 4.99. The van der Waals surface area contributed by atoms with E-state index in [2.05, 4.69) is 24.5 Å². The molecule has 0 heterocycles. The molecule has 0 fully saturated rings. The summed E-state index contributed by atoms with van der Waals surface area (Å²) >= 11 is 0. The summed E-state index contributed by atoms with van der Waals surface area (Å²) in [6.45, 7) is 5.12. The maximum absolute atomic E-state index is 7.32. The quantitative estimate of drug-likeness (QED) is 0.335. The molecule has 5 heteroatoms. The Kier molecular flexibility index (Phi) is 6.53. The van der Waals surface area contributed by atoms with Gasteiger partial charge in [-0.15, -0.1) is 0 Å². The van der Waals surface area contributed by atoms with Gasteiger partial charge in [0, 0.05) is 6.54 Å². The molecule has 0 aliphatic carbocycles. The summed E-state index contributed by atoms with van der Waals surface area (Å²) in [5, 5.41) is 19.5. The van der Waals surface area contributed by atoms with Gasteiger partial charge in [-0.3, -0.25) is 16.1 Å². The van der Waals surface area contributed by atoms with Crippen LogP contribution in [0.5, 0.6) is 0 Å². The first kappa shape index (κ1) is 12.7. The first-order chi connectivity index (χ1) is 6.56. The van der Waals surface area contributed by atoms with Gasteiger partial charge in [0.2, 0.25) is 0 Å². The molecule has 6 N–H and O–H groups in total. The van der Waals surface area contributed by atoms with E-state index in [1.54, 1.807) is 0 Å². The predicted octanol–water partition coefficient (Wildman–Crippen LogP) is 0.820. The molecule has 0 saturated carbocycles. The Bertz CT molecular complexity index is 190. The Morgan fingerprint density at radius 2 is 2.00 bits per heavy atom. The highest BCUT2D eigenvalue weighted by Gasteiger charge is 2.01. The van der Waals surface area contributed by atoms with Crippen LogP contribution >= 0.6 is 0 Å². The van der Waals surface area contributed by atoms with Gasteiger partial charge in [0.15, 0.2) is 11.9 Å². The highest BCUT2D eigenvalue weighted by Crippen LogP contribution is 2.07. The van der Waals surface area contributed by atoms with Crippen LogP contribution in [-0.2, 0) is 0 Å². The Morgan fingerprint density at radius 3 is 2.50 bits per heavy atom. The smallest absolute Gasteiger partial charge is 0.195 e. The lowest BCUT2D eigenvalue weighted by Crippen LogP contribution is -2.43. The molecule has 0 radical (unpaired) electrons. The summed E-state index contributed by atoms with van der Waals surface area (Å²) in [6, 6.07) is 0. The SMILES string of the molecule is CCC[C@H](C)CCNC(=N)NC(=N)N. The number of guanidine groups is 2. The first-order valence-corrected chi connectivity index (χ1v) is 4.99. The Morgan fingerprint density at radius 1 is 1.36 bits per heavy atom. The molecular weight excluding hydrogens is 178 g/mol. The highest BCUT2D eigenvalue weighted by molar-refractivity contribution is 5.94. The van der Waals surface area contributed by atoms with Crippen LogP contribution in [0.2, 0.25) is 0 Å². The lowest BCUT2D eigenvalue weighted by atomic mass is 10.0. The van der Waals surface area contributed by atoms with Crippen LogP contribution in [0.15, 0.2) is 0 Å². The fourth-order valence-electron chi connectivity index (χ4n) is 1.26. The second-order valence-electron chi connectivity index (χ2n) is 3.52. The normalized spacial score (nSPS) is 11.9. The molecule has 0 aliphatic heterocycles. The molecule has 0 amide bonds. The third kappa shape index (κ3) is 7.39. The number of rotatable bonds is 5. The Balaban J connectivity index is 3.44. The number of hydrogen-bond donors (Lipinski definition) is 5. The molecule has 14 heavy (non-hydrogen) atoms. The molecule has 0 aromatic rings. The van der Waals surface area contributed by atoms with E-state index >= 15 is 0 Å². The Labute approximate surface area is 85.5 Å². The molecule has 0 unspecified atom stereocenters. The summed E-state index contributed by atoms with van der Waals surface area (Å²) in [5.41, 5.74) is 5.06. The van der Waals surface area contributed by atoms with E-state index in [0.717, 1.165) is 13.0 Å². The third-order valence-electron chi connectivity index (χ3n) is 1.98. The van der Waals surface area contributed by atoms with Gasteiger partial charge >= 0.3 is 0 Å². The van der Waals surface area contributed by atoms with E-state index < -0.39 is 0 Å². The van der Waals surface area contributed by atoms with Crippen molar-refractivity contribution in [1.29, 1.82) is 10.8 Å². The largest absolute Gasteiger partial charge is 0.370 e. The van der Waals surface area contributed by atoms with Crippen molar-refractivity contribution >= 4 is 11.9 Å². The summed E-state index contributed by atoms with van der Waals surface area (Å²) in [6.07, 6.45) is 3.45. The average molecular weight is 199 g/mol. The van der Waals surface area contributed by atoms with Crippen molar-refractivity contribution in [3.63, 3.8) is 0 Å². The van der Waals surface area contributed by atoms with Crippen LogP contribution in [0.3, 0.4) is 0 Å². The topological polar surface area (TPSA) is 97.8 Å².